The normalized spacial score (nSPS) is 16.4. The number of carbonyl (C=O) groups excluding carboxylic acids is 1. The van der Waals surface area contributed by atoms with Gasteiger partial charge in [0.2, 0.25) is 0 Å². The lowest BCUT2D eigenvalue weighted by molar-refractivity contribution is 0.0166. The molecule has 0 bridgehead atoms. The summed E-state index contributed by atoms with van der Waals surface area (Å²) in [5, 5.41) is 5.72. The van der Waals surface area contributed by atoms with Crippen LogP contribution in [0.5, 0.6) is 5.75 Å². The van der Waals surface area contributed by atoms with Crippen LogP contribution in [0.25, 0.3) is 0 Å². The summed E-state index contributed by atoms with van der Waals surface area (Å²) in [6.45, 7) is 4.61. The van der Waals surface area contributed by atoms with E-state index in [4.69, 9.17) is 14.2 Å². The first kappa shape index (κ1) is 18.5. The number of carbonyl (C=O) groups is 1. The number of nitrogens with one attached hydrogen (secondary N) is 2. The van der Waals surface area contributed by atoms with E-state index in [0.29, 0.717) is 32.9 Å². The molecule has 1 aliphatic rings. The molecule has 2 amide bonds. The second-order valence-corrected chi connectivity index (χ2v) is 5.57. The summed E-state index contributed by atoms with van der Waals surface area (Å²) in [6.07, 6.45) is 0. The minimum absolute atomic E-state index is 0.0807. The third-order valence-corrected chi connectivity index (χ3v) is 4.01. The summed E-state index contributed by atoms with van der Waals surface area (Å²) in [5.41, 5.74) is 1.12. The van der Waals surface area contributed by atoms with Crippen LogP contribution in [0.3, 0.4) is 0 Å². The molecule has 134 valence electrons. The first-order valence-electron chi connectivity index (χ1n) is 8.21. The molecule has 0 aromatic heterocycles. The van der Waals surface area contributed by atoms with Crippen molar-refractivity contribution < 1.29 is 19.0 Å². The van der Waals surface area contributed by atoms with Crippen LogP contribution in [0, 0.1) is 0 Å². The van der Waals surface area contributed by atoms with Crippen molar-refractivity contribution >= 4 is 6.03 Å². The lowest BCUT2D eigenvalue weighted by atomic mass is 10.0. The van der Waals surface area contributed by atoms with Crippen LogP contribution in [0.15, 0.2) is 24.3 Å². The van der Waals surface area contributed by atoms with Crippen LogP contribution in [0.4, 0.5) is 4.79 Å². The number of hydrogen-bond donors (Lipinski definition) is 2. The third-order valence-electron chi connectivity index (χ3n) is 4.01. The van der Waals surface area contributed by atoms with Crippen LogP contribution in [-0.4, -0.2) is 71.2 Å². The lowest BCUT2D eigenvalue weighted by Crippen LogP contribution is -2.46. The van der Waals surface area contributed by atoms with E-state index < -0.39 is 0 Å². The number of morpholine rings is 1. The monoisotopic (exact) mass is 337 g/mol. The van der Waals surface area contributed by atoms with E-state index in [0.717, 1.165) is 24.4 Å². The van der Waals surface area contributed by atoms with Crippen molar-refractivity contribution in [2.75, 3.05) is 60.2 Å². The molecule has 1 aromatic carbocycles. The minimum atomic E-state index is -0.187. The molecular weight excluding hydrogens is 310 g/mol. The number of benzene rings is 1. The number of amides is 2. The van der Waals surface area contributed by atoms with Crippen molar-refractivity contribution in [3.63, 3.8) is 0 Å². The second kappa shape index (κ2) is 10.1. The molecule has 0 aliphatic carbocycles. The summed E-state index contributed by atoms with van der Waals surface area (Å²) < 4.78 is 15.7. The zero-order valence-corrected chi connectivity index (χ0v) is 14.4. The predicted octanol–water partition coefficient (Wildman–Crippen LogP) is 1.01. The maximum absolute atomic E-state index is 11.9. The molecule has 1 fully saturated rings. The van der Waals surface area contributed by atoms with Gasteiger partial charge in [-0.05, 0) is 17.7 Å². The Morgan fingerprint density at radius 3 is 2.79 bits per heavy atom. The average Bonchev–Trinajstić information content (AvgIpc) is 2.63. The number of ether oxygens (including phenoxy) is 3. The van der Waals surface area contributed by atoms with Gasteiger partial charge in [-0.15, -0.1) is 0 Å². The van der Waals surface area contributed by atoms with Crippen LogP contribution < -0.4 is 15.4 Å². The molecular formula is C17H27N3O4. The zero-order valence-electron chi connectivity index (χ0n) is 14.4. The van der Waals surface area contributed by atoms with Gasteiger partial charge in [-0.1, -0.05) is 12.1 Å². The molecule has 2 N–H and O–H groups in total. The number of rotatable bonds is 8. The first-order valence-corrected chi connectivity index (χ1v) is 8.21. The molecule has 0 saturated carbocycles. The van der Waals surface area contributed by atoms with E-state index in [1.165, 1.54) is 0 Å². The van der Waals surface area contributed by atoms with Gasteiger partial charge in [0, 0.05) is 33.3 Å². The molecule has 7 heteroatoms. The van der Waals surface area contributed by atoms with Gasteiger partial charge >= 0.3 is 6.03 Å². The van der Waals surface area contributed by atoms with Crippen molar-refractivity contribution in [1.82, 2.24) is 15.5 Å². The van der Waals surface area contributed by atoms with Crippen LogP contribution in [-0.2, 0) is 9.47 Å². The Balaban J connectivity index is 2.01. The highest BCUT2D eigenvalue weighted by atomic mass is 16.5. The summed E-state index contributed by atoms with van der Waals surface area (Å²) in [7, 11) is 3.27. The van der Waals surface area contributed by atoms with E-state index in [2.05, 4.69) is 21.6 Å². The minimum Gasteiger partial charge on any atom is -0.497 e. The fourth-order valence-corrected chi connectivity index (χ4v) is 2.71. The highest BCUT2D eigenvalue weighted by Gasteiger charge is 2.23. The highest BCUT2D eigenvalue weighted by Crippen LogP contribution is 2.24. The number of nitrogens with zero attached hydrogens (tertiary/aromatic N) is 1. The van der Waals surface area contributed by atoms with E-state index in [1.807, 2.05) is 18.2 Å². The molecule has 0 radical (unpaired) electrons. The fourth-order valence-electron chi connectivity index (χ4n) is 2.71. The Morgan fingerprint density at radius 2 is 2.08 bits per heavy atom. The van der Waals surface area contributed by atoms with Gasteiger partial charge in [0.25, 0.3) is 0 Å². The molecule has 1 unspecified atom stereocenters. The predicted molar refractivity (Wildman–Crippen MR) is 91.4 cm³/mol. The molecule has 1 saturated heterocycles. The molecule has 1 aliphatic heterocycles. The summed E-state index contributed by atoms with van der Waals surface area (Å²) in [5.74, 6) is 0.815. The fraction of sp³-hybridized carbons (Fsp3) is 0.588. The van der Waals surface area contributed by atoms with Crippen molar-refractivity contribution in [1.29, 1.82) is 0 Å². The van der Waals surface area contributed by atoms with Gasteiger partial charge in [0.05, 0.1) is 33.0 Å². The zero-order chi connectivity index (χ0) is 17.2. The highest BCUT2D eigenvalue weighted by molar-refractivity contribution is 5.73. The van der Waals surface area contributed by atoms with E-state index >= 15 is 0 Å². The Hall–Kier alpha value is -1.83. The number of hydrogen-bond acceptors (Lipinski definition) is 5. The molecule has 0 spiro atoms. The molecule has 24 heavy (non-hydrogen) atoms. The van der Waals surface area contributed by atoms with Gasteiger partial charge in [-0.3, -0.25) is 4.90 Å². The number of methoxy groups -OCH3 is 2. The van der Waals surface area contributed by atoms with E-state index in [-0.39, 0.29) is 12.1 Å². The van der Waals surface area contributed by atoms with Gasteiger partial charge < -0.3 is 24.8 Å². The van der Waals surface area contributed by atoms with Crippen molar-refractivity contribution in [2.24, 2.45) is 0 Å². The quantitative estimate of drug-likeness (QED) is 0.693. The van der Waals surface area contributed by atoms with Crippen LogP contribution in [0.1, 0.15) is 11.6 Å². The summed E-state index contributed by atoms with van der Waals surface area (Å²) >= 11 is 0. The average molecular weight is 337 g/mol. The van der Waals surface area contributed by atoms with E-state index in [1.54, 1.807) is 14.2 Å². The van der Waals surface area contributed by atoms with Crippen molar-refractivity contribution in [3.8, 4) is 5.75 Å². The largest absolute Gasteiger partial charge is 0.497 e. The molecule has 1 atom stereocenters. The van der Waals surface area contributed by atoms with Crippen LogP contribution in [0.2, 0.25) is 0 Å². The Bertz CT molecular complexity index is 506. The van der Waals surface area contributed by atoms with Gasteiger partial charge in [0.15, 0.2) is 0 Å². The molecule has 7 nitrogen and oxygen atoms in total. The Kier molecular flexibility index (Phi) is 7.81. The van der Waals surface area contributed by atoms with Gasteiger partial charge in [-0.2, -0.15) is 0 Å². The van der Waals surface area contributed by atoms with Crippen LogP contribution >= 0.6 is 0 Å². The topological polar surface area (TPSA) is 72.1 Å². The van der Waals surface area contributed by atoms with Gasteiger partial charge in [0.1, 0.15) is 5.75 Å². The Morgan fingerprint density at radius 1 is 1.29 bits per heavy atom. The third kappa shape index (κ3) is 5.67. The Labute approximate surface area is 143 Å². The van der Waals surface area contributed by atoms with Gasteiger partial charge in [-0.25, -0.2) is 4.79 Å². The van der Waals surface area contributed by atoms with Crippen molar-refractivity contribution in [2.45, 2.75) is 6.04 Å². The summed E-state index contributed by atoms with van der Waals surface area (Å²) in [6, 6.07) is 7.87. The first-order chi connectivity index (χ1) is 11.7. The maximum Gasteiger partial charge on any atom is 0.314 e. The number of urea groups is 1. The molecule has 1 aromatic rings. The standard InChI is InChI=1S/C17H27N3O4/c1-22-9-6-18-17(21)19-13-16(20-7-10-24-11-8-20)14-4-3-5-15(12-14)23-2/h3-5,12,16H,6-11,13H2,1-2H3,(H2,18,19,21). The van der Waals surface area contributed by atoms with Crippen molar-refractivity contribution in [3.05, 3.63) is 29.8 Å². The van der Waals surface area contributed by atoms with E-state index in [9.17, 15) is 4.79 Å². The summed E-state index contributed by atoms with van der Waals surface area (Å²) in [4.78, 5) is 14.2. The molecule has 1 heterocycles. The second-order valence-electron chi connectivity index (χ2n) is 5.57. The smallest absolute Gasteiger partial charge is 0.314 e. The SMILES string of the molecule is COCCNC(=O)NCC(c1cccc(OC)c1)N1CCOCC1. The maximum atomic E-state index is 11.9. The lowest BCUT2D eigenvalue weighted by Gasteiger charge is -2.35. The molecule has 2 rings (SSSR count).